The lowest BCUT2D eigenvalue weighted by Gasteiger charge is -2.28. The van der Waals surface area contributed by atoms with Crippen molar-refractivity contribution in [1.82, 2.24) is 36.2 Å². The molecule has 3 aromatic carbocycles. The maximum atomic E-state index is 14.0. The van der Waals surface area contributed by atoms with Gasteiger partial charge in [0.25, 0.3) is 0 Å². The number of anilines is 1. The molecule has 0 unspecified atom stereocenters. The number of hydrogen-bond acceptors (Lipinski definition) is 8. The Bertz CT molecular complexity index is 1720. The maximum absolute atomic E-state index is 14.0. The average Bonchev–Trinajstić information content (AvgIpc) is 3.74. The third-order valence-corrected chi connectivity index (χ3v) is 7.83. The number of oxazole rings is 1. The molecule has 44 heavy (non-hydrogen) atoms. The van der Waals surface area contributed by atoms with Crippen molar-refractivity contribution in [3.63, 3.8) is 0 Å². The number of fused-ring (bicyclic) bond motifs is 1. The lowest BCUT2D eigenvalue weighted by atomic mass is 9.98. The van der Waals surface area contributed by atoms with Gasteiger partial charge in [-0.25, -0.2) is 4.98 Å². The molecule has 0 spiro atoms. The van der Waals surface area contributed by atoms with Crippen LogP contribution in [0.1, 0.15) is 43.6 Å². The molecule has 11 heteroatoms. The monoisotopic (exact) mass is 590 g/mol. The highest BCUT2D eigenvalue weighted by molar-refractivity contribution is 6.00. The van der Waals surface area contributed by atoms with Crippen LogP contribution < -0.4 is 15.5 Å². The summed E-state index contributed by atoms with van der Waals surface area (Å²) in [4.78, 5) is 32.9. The van der Waals surface area contributed by atoms with Crippen LogP contribution in [-0.2, 0) is 29.1 Å². The number of benzene rings is 3. The minimum absolute atomic E-state index is 0.123. The van der Waals surface area contributed by atoms with E-state index in [1.807, 2.05) is 86.6 Å². The number of rotatable bonds is 10. The molecule has 2 amide bonds. The van der Waals surface area contributed by atoms with Crippen molar-refractivity contribution in [1.29, 1.82) is 0 Å². The van der Waals surface area contributed by atoms with Crippen LogP contribution in [0.2, 0.25) is 0 Å². The summed E-state index contributed by atoms with van der Waals surface area (Å²) in [6, 6.07) is 23.3. The quantitative estimate of drug-likeness (QED) is 0.217. The van der Waals surface area contributed by atoms with Crippen molar-refractivity contribution in [3.8, 4) is 22.5 Å². The highest BCUT2D eigenvalue weighted by Gasteiger charge is 2.32. The summed E-state index contributed by atoms with van der Waals surface area (Å²) in [7, 11) is 0. The normalized spacial score (nSPS) is 15.1. The van der Waals surface area contributed by atoms with Gasteiger partial charge in [0, 0.05) is 23.2 Å². The van der Waals surface area contributed by atoms with Gasteiger partial charge in [-0.15, -0.1) is 10.2 Å². The molecule has 0 saturated carbocycles. The molecular weight excluding hydrogens is 556 g/mol. The number of amides is 2. The number of aromatic amines is 1. The van der Waals surface area contributed by atoms with Crippen LogP contribution >= 0.6 is 0 Å². The van der Waals surface area contributed by atoms with E-state index in [1.54, 1.807) is 11.1 Å². The number of hydrogen-bond donors (Lipinski definition) is 3. The van der Waals surface area contributed by atoms with Crippen molar-refractivity contribution >= 4 is 17.5 Å². The standard InChI is InChI=1S/C33H34N8O3/c1-33(2,35-19-25-18-34-21-44-25)17-30(42)36-28-16-15-24-7-3-6-10-29(24)41(32(28)43)20-22-11-13-23(14-12-22)26-8-4-5-9-27(26)31-37-39-40-38-31/h3-14,18,21,28,35H,15-17,19-20H2,1-2H3,(H,36,42)(H,37,38,39,40)/t28-/m1/s1. The number of carbonyl (C=O) groups excluding carboxylic acids is 2. The molecule has 1 aliphatic heterocycles. The molecule has 11 nitrogen and oxygen atoms in total. The second-order valence-electron chi connectivity index (χ2n) is 11.6. The lowest BCUT2D eigenvalue weighted by molar-refractivity contribution is -0.128. The first-order chi connectivity index (χ1) is 21.4. The van der Waals surface area contributed by atoms with Gasteiger partial charge in [0.2, 0.25) is 17.6 Å². The second-order valence-corrected chi connectivity index (χ2v) is 11.6. The van der Waals surface area contributed by atoms with E-state index in [9.17, 15) is 9.59 Å². The third-order valence-electron chi connectivity index (χ3n) is 7.83. The summed E-state index contributed by atoms with van der Waals surface area (Å²) in [6.45, 7) is 4.72. The van der Waals surface area contributed by atoms with Gasteiger partial charge in [0.05, 0.1) is 19.3 Å². The van der Waals surface area contributed by atoms with Crippen LogP contribution in [0.25, 0.3) is 22.5 Å². The molecule has 0 aliphatic carbocycles. The first kappa shape index (κ1) is 28.9. The first-order valence-corrected chi connectivity index (χ1v) is 14.6. The van der Waals surface area contributed by atoms with Gasteiger partial charge in [0.1, 0.15) is 11.8 Å². The molecule has 3 heterocycles. The van der Waals surface area contributed by atoms with Crippen LogP contribution in [0.5, 0.6) is 0 Å². The molecule has 1 aliphatic rings. The van der Waals surface area contributed by atoms with Gasteiger partial charge in [0.15, 0.2) is 6.39 Å². The highest BCUT2D eigenvalue weighted by Crippen LogP contribution is 2.32. The smallest absolute Gasteiger partial charge is 0.249 e. The fraction of sp³-hybridized carbons (Fsp3) is 0.273. The van der Waals surface area contributed by atoms with E-state index in [1.165, 1.54) is 6.39 Å². The Morgan fingerprint density at radius 1 is 1.05 bits per heavy atom. The molecule has 0 saturated heterocycles. The first-order valence-electron chi connectivity index (χ1n) is 14.6. The Kier molecular flexibility index (Phi) is 8.29. The van der Waals surface area contributed by atoms with Crippen molar-refractivity contribution < 1.29 is 14.0 Å². The number of aromatic nitrogens is 5. The fourth-order valence-corrected chi connectivity index (χ4v) is 5.56. The SMILES string of the molecule is CC(C)(CC(=O)N[C@@H]1CCc2ccccc2N(Cc2ccc(-c3ccccc3-c3nn[nH]n3)cc2)C1=O)NCc1cnco1. The zero-order valence-electron chi connectivity index (χ0n) is 24.7. The lowest BCUT2D eigenvalue weighted by Crippen LogP contribution is -2.50. The summed E-state index contributed by atoms with van der Waals surface area (Å²) in [5.74, 6) is 0.907. The summed E-state index contributed by atoms with van der Waals surface area (Å²) < 4.78 is 5.29. The van der Waals surface area contributed by atoms with Crippen LogP contribution in [0.4, 0.5) is 5.69 Å². The van der Waals surface area contributed by atoms with Crippen molar-refractivity contribution in [2.75, 3.05) is 4.90 Å². The Labute approximate surface area is 255 Å². The largest absolute Gasteiger partial charge is 0.447 e. The molecule has 0 fully saturated rings. The fourth-order valence-electron chi connectivity index (χ4n) is 5.56. The van der Waals surface area contributed by atoms with E-state index in [0.29, 0.717) is 37.5 Å². The van der Waals surface area contributed by atoms with Gasteiger partial charge in [-0.3, -0.25) is 9.59 Å². The van der Waals surface area contributed by atoms with Crippen molar-refractivity contribution in [2.45, 2.75) is 57.8 Å². The molecular formula is C33H34N8O3. The van der Waals surface area contributed by atoms with Crippen LogP contribution in [0.3, 0.4) is 0 Å². The number of carbonyl (C=O) groups is 2. The number of nitrogens with one attached hydrogen (secondary N) is 3. The Hall–Kier alpha value is -5.16. The van der Waals surface area contributed by atoms with Crippen LogP contribution in [-0.4, -0.2) is 49.0 Å². The van der Waals surface area contributed by atoms with E-state index in [4.69, 9.17) is 4.42 Å². The molecule has 6 rings (SSSR count). The van der Waals surface area contributed by atoms with Gasteiger partial charge in [-0.05, 0) is 60.2 Å². The predicted molar refractivity (Wildman–Crippen MR) is 165 cm³/mol. The number of para-hydroxylation sites is 1. The van der Waals surface area contributed by atoms with Gasteiger partial charge in [-0.1, -0.05) is 66.7 Å². The van der Waals surface area contributed by atoms with Crippen LogP contribution in [0.15, 0.2) is 89.8 Å². The predicted octanol–water partition coefficient (Wildman–Crippen LogP) is 4.44. The van der Waals surface area contributed by atoms with E-state index in [-0.39, 0.29) is 18.2 Å². The van der Waals surface area contributed by atoms with Gasteiger partial charge >= 0.3 is 0 Å². The van der Waals surface area contributed by atoms with E-state index < -0.39 is 11.6 Å². The van der Waals surface area contributed by atoms with Crippen LogP contribution in [0, 0.1) is 0 Å². The zero-order valence-corrected chi connectivity index (χ0v) is 24.7. The topological polar surface area (TPSA) is 142 Å². The highest BCUT2D eigenvalue weighted by atomic mass is 16.3. The van der Waals surface area contributed by atoms with E-state index in [2.05, 4.69) is 36.2 Å². The molecule has 2 aromatic heterocycles. The summed E-state index contributed by atoms with van der Waals surface area (Å²) in [5.41, 5.74) is 5.27. The second kappa shape index (κ2) is 12.6. The molecule has 0 bridgehead atoms. The molecule has 5 aromatic rings. The average molecular weight is 591 g/mol. The van der Waals surface area contributed by atoms with Gasteiger partial charge < -0.3 is 20.0 Å². The minimum atomic E-state index is -0.638. The summed E-state index contributed by atoms with van der Waals surface area (Å²) in [5, 5.41) is 20.9. The number of H-pyrrole nitrogens is 1. The van der Waals surface area contributed by atoms with Crippen molar-refractivity contribution in [2.24, 2.45) is 0 Å². The molecule has 224 valence electrons. The third kappa shape index (κ3) is 6.57. The van der Waals surface area contributed by atoms with Crippen molar-refractivity contribution in [3.05, 3.63) is 102 Å². The zero-order chi connectivity index (χ0) is 30.5. The Balaban J connectivity index is 1.18. The number of aryl methyl sites for hydroxylation is 1. The Morgan fingerprint density at radius 3 is 2.57 bits per heavy atom. The van der Waals surface area contributed by atoms with E-state index >= 15 is 0 Å². The molecule has 1 atom stereocenters. The van der Waals surface area contributed by atoms with E-state index in [0.717, 1.165) is 33.5 Å². The minimum Gasteiger partial charge on any atom is -0.447 e. The molecule has 0 radical (unpaired) electrons. The number of nitrogens with zero attached hydrogens (tertiary/aromatic N) is 5. The maximum Gasteiger partial charge on any atom is 0.249 e. The molecule has 3 N–H and O–H groups in total. The summed E-state index contributed by atoms with van der Waals surface area (Å²) >= 11 is 0. The number of tetrazole rings is 1. The summed E-state index contributed by atoms with van der Waals surface area (Å²) in [6.07, 6.45) is 4.43. The van der Waals surface area contributed by atoms with Gasteiger partial charge in [-0.2, -0.15) is 5.21 Å². The Morgan fingerprint density at radius 2 is 1.82 bits per heavy atom.